The van der Waals surface area contributed by atoms with Gasteiger partial charge in [-0.1, -0.05) is 42.5 Å². The maximum absolute atomic E-state index is 13.0. The van der Waals surface area contributed by atoms with E-state index < -0.39 is 22.6 Å². The number of carbonyl (C=O) groups is 3. The molecule has 0 spiro atoms. The highest BCUT2D eigenvalue weighted by Gasteiger charge is 2.15. The third-order valence-corrected chi connectivity index (χ3v) is 5.10. The lowest BCUT2D eigenvalue weighted by Gasteiger charge is -2.13. The molecule has 0 heterocycles. The molecule has 0 atom stereocenters. The second kappa shape index (κ2) is 10.7. The zero-order chi connectivity index (χ0) is 25.5. The van der Waals surface area contributed by atoms with Crippen molar-refractivity contribution in [3.8, 4) is 0 Å². The monoisotopic (exact) mass is 480 g/mol. The number of rotatable bonds is 7. The molecule has 0 saturated heterocycles. The number of nitro benzene ring substituents is 1. The number of hydrogen-bond acceptors (Lipinski definition) is 5. The summed E-state index contributed by atoms with van der Waals surface area (Å²) in [7, 11) is 0. The molecule has 0 aliphatic rings. The van der Waals surface area contributed by atoms with Crippen LogP contribution in [0.4, 0.5) is 22.7 Å². The predicted octanol–water partition coefficient (Wildman–Crippen LogP) is 5.35. The summed E-state index contributed by atoms with van der Waals surface area (Å²) in [6, 6.07) is 27.0. The molecule has 3 N–H and O–H groups in total. The van der Waals surface area contributed by atoms with Crippen molar-refractivity contribution in [1.29, 1.82) is 0 Å². The average Bonchev–Trinajstić information content (AvgIpc) is 2.89. The Morgan fingerprint density at radius 2 is 1.00 bits per heavy atom. The van der Waals surface area contributed by atoms with E-state index in [4.69, 9.17) is 0 Å². The third kappa shape index (κ3) is 5.97. The van der Waals surface area contributed by atoms with E-state index >= 15 is 0 Å². The third-order valence-electron chi connectivity index (χ3n) is 5.10. The maximum Gasteiger partial charge on any atom is 0.271 e. The Labute approximate surface area is 205 Å². The minimum absolute atomic E-state index is 0.121. The van der Waals surface area contributed by atoms with Crippen molar-refractivity contribution in [3.05, 3.63) is 130 Å². The van der Waals surface area contributed by atoms with Crippen molar-refractivity contribution in [3.63, 3.8) is 0 Å². The number of non-ortho nitro benzene ring substituents is 1. The summed E-state index contributed by atoms with van der Waals surface area (Å²) in [4.78, 5) is 48.9. The molecule has 0 aromatic heterocycles. The van der Waals surface area contributed by atoms with Gasteiger partial charge in [-0.15, -0.1) is 0 Å². The molecular weight excluding hydrogens is 460 g/mol. The van der Waals surface area contributed by atoms with Gasteiger partial charge < -0.3 is 16.0 Å². The van der Waals surface area contributed by atoms with E-state index in [0.717, 1.165) is 0 Å². The number of nitrogens with zero attached hydrogens (tertiary/aromatic N) is 1. The maximum atomic E-state index is 13.0. The van der Waals surface area contributed by atoms with Gasteiger partial charge in [0.2, 0.25) is 0 Å². The normalized spacial score (nSPS) is 10.2. The Bertz CT molecular complexity index is 1370. The van der Waals surface area contributed by atoms with Crippen molar-refractivity contribution in [1.82, 2.24) is 0 Å². The van der Waals surface area contributed by atoms with E-state index in [1.165, 1.54) is 42.5 Å². The zero-order valence-electron chi connectivity index (χ0n) is 18.8. The van der Waals surface area contributed by atoms with Gasteiger partial charge in [-0.25, -0.2) is 0 Å². The van der Waals surface area contributed by atoms with Crippen LogP contribution in [0.2, 0.25) is 0 Å². The first-order chi connectivity index (χ1) is 17.4. The van der Waals surface area contributed by atoms with Gasteiger partial charge in [0.05, 0.1) is 4.92 Å². The molecule has 4 rings (SSSR count). The molecule has 0 aliphatic carbocycles. The molecule has 9 nitrogen and oxygen atoms in total. The predicted molar refractivity (Wildman–Crippen MR) is 136 cm³/mol. The minimum atomic E-state index is -0.582. The molecular formula is C27H20N4O5. The molecule has 36 heavy (non-hydrogen) atoms. The lowest BCUT2D eigenvalue weighted by molar-refractivity contribution is -0.384. The number of anilines is 3. The summed E-state index contributed by atoms with van der Waals surface area (Å²) in [6.07, 6.45) is 0. The fourth-order valence-electron chi connectivity index (χ4n) is 3.39. The molecule has 0 bridgehead atoms. The van der Waals surface area contributed by atoms with Gasteiger partial charge in [-0.3, -0.25) is 24.5 Å². The van der Waals surface area contributed by atoms with Gasteiger partial charge in [-0.05, 0) is 48.5 Å². The molecule has 9 heteroatoms. The highest BCUT2D eigenvalue weighted by Crippen LogP contribution is 2.23. The van der Waals surface area contributed by atoms with E-state index in [2.05, 4.69) is 16.0 Å². The zero-order valence-corrected chi connectivity index (χ0v) is 18.8. The van der Waals surface area contributed by atoms with E-state index in [-0.39, 0.29) is 28.3 Å². The molecule has 4 aromatic rings. The summed E-state index contributed by atoms with van der Waals surface area (Å²) in [6.45, 7) is 0. The van der Waals surface area contributed by atoms with Gasteiger partial charge in [-0.2, -0.15) is 0 Å². The van der Waals surface area contributed by atoms with Crippen LogP contribution >= 0.6 is 0 Å². The Morgan fingerprint density at radius 1 is 0.528 bits per heavy atom. The summed E-state index contributed by atoms with van der Waals surface area (Å²) < 4.78 is 0. The first-order valence-electron chi connectivity index (χ1n) is 10.8. The largest absolute Gasteiger partial charge is 0.322 e. The van der Waals surface area contributed by atoms with Crippen LogP contribution in [-0.4, -0.2) is 22.6 Å². The minimum Gasteiger partial charge on any atom is -0.322 e. The van der Waals surface area contributed by atoms with Crippen LogP contribution in [0.5, 0.6) is 0 Å². The van der Waals surface area contributed by atoms with Gasteiger partial charge in [0.1, 0.15) is 0 Å². The summed E-state index contributed by atoms with van der Waals surface area (Å²) in [5.74, 6) is -1.37. The van der Waals surface area contributed by atoms with Crippen LogP contribution in [0.1, 0.15) is 31.1 Å². The van der Waals surface area contributed by atoms with Gasteiger partial charge in [0, 0.05) is 45.9 Å². The van der Waals surface area contributed by atoms with Gasteiger partial charge >= 0.3 is 0 Å². The number of carbonyl (C=O) groups excluding carboxylic acids is 3. The van der Waals surface area contributed by atoms with E-state index in [0.29, 0.717) is 11.1 Å². The molecule has 0 aliphatic heterocycles. The van der Waals surface area contributed by atoms with Crippen molar-refractivity contribution in [2.24, 2.45) is 0 Å². The molecule has 4 aromatic carbocycles. The Balaban J connectivity index is 1.63. The first kappa shape index (κ1) is 23.8. The lowest BCUT2D eigenvalue weighted by Crippen LogP contribution is -2.17. The average molecular weight is 480 g/mol. The van der Waals surface area contributed by atoms with Crippen LogP contribution < -0.4 is 16.0 Å². The van der Waals surface area contributed by atoms with E-state index in [1.54, 1.807) is 60.7 Å². The van der Waals surface area contributed by atoms with Crippen molar-refractivity contribution < 1.29 is 19.3 Å². The highest BCUT2D eigenvalue weighted by molar-refractivity contribution is 6.10. The molecule has 0 radical (unpaired) electrons. The first-order valence-corrected chi connectivity index (χ1v) is 10.8. The number of nitro groups is 1. The smallest absolute Gasteiger partial charge is 0.271 e. The lowest BCUT2D eigenvalue weighted by atomic mass is 10.1. The fraction of sp³-hybridized carbons (Fsp3) is 0. The SMILES string of the molecule is O=C(Nc1cc(NC(=O)c2ccccc2)cc(C(=O)Nc2cccc([N+](=O)[O-])c2)c1)c1ccccc1. The summed E-state index contributed by atoms with van der Waals surface area (Å²) in [5, 5.41) is 19.1. The number of nitrogens with one attached hydrogen (secondary N) is 3. The Kier molecular flexibility index (Phi) is 7.11. The molecule has 178 valence electrons. The number of benzene rings is 4. The second-order valence-corrected chi connectivity index (χ2v) is 7.70. The highest BCUT2D eigenvalue weighted by atomic mass is 16.6. The standard InChI is InChI=1S/C27H20N4O5/c32-25(18-8-3-1-4-9-18)29-22-14-20(27(34)28-21-12-7-13-24(17-21)31(35)36)15-23(16-22)30-26(33)19-10-5-2-6-11-19/h1-17H,(H,28,34)(H,29,32)(H,30,33). The number of hydrogen-bond donors (Lipinski definition) is 3. The van der Waals surface area contributed by atoms with Crippen molar-refractivity contribution in [2.75, 3.05) is 16.0 Å². The molecule has 0 saturated carbocycles. The van der Waals surface area contributed by atoms with E-state index in [9.17, 15) is 24.5 Å². The van der Waals surface area contributed by atoms with Crippen LogP contribution in [0.15, 0.2) is 103 Å². The summed E-state index contributed by atoms with van der Waals surface area (Å²) in [5.41, 5.74) is 1.56. The van der Waals surface area contributed by atoms with Crippen LogP contribution in [-0.2, 0) is 0 Å². The molecule has 0 fully saturated rings. The van der Waals surface area contributed by atoms with Crippen LogP contribution in [0.25, 0.3) is 0 Å². The van der Waals surface area contributed by atoms with Gasteiger partial charge in [0.25, 0.3) is 23.4 Å². The molecule has 0 unspecified atom stereocenters. The van der Waals surface area contributed by atoms with E-state index in [1.807, 2.05) is 0 Å². The fourth-order valence-corrected chi connectivity index (χ4v) is 3.39. The second-order valence-electron chi connectivity index (χ2n) is 7.70. The van der Waals surface area contributed by atoms with Crippen molar-refractivity contribution >= 4 is 40.5 Å². The Hall–Kier alpha value is -5.31. The topological polar surface area (TPSA) is 130 Å². The summed E-state index contributed by atoms with van der Waals surface area (Å²) >= 11 is 0. The van der Waals surface area contributed by atoms with Crippen LogP contribution in [0, 0.1) is 10.1 Å². The number of amides is 3. The quantitative estimate of drug-likeness (QED) is 0.242. The molecule has 3 amide bonds. The van der Waals surface area contributed by atoms with Crippen LogP contribution in [0.3, 0.4) is 0 Å². The van der Waals surface area contributed by atoms with Gasteiger partial charge in [0.15, 0.2) is 0 Å². The van der Waals surface area contributed by atoms with Crippen molar-refractivity contribution in [2.45, 2.75) is 0 Å². The Morgan fingerprint density at radius 3 is 1.50 bits per heavy atom.